The molecule has 0 radical (unpaired) electrons. The van der Waals surface area contributed by atoms with Crippen molar-refractivity contribution in [2.24, 2.45) is 0 Å². The molecule has 0 fully saturated rings. The summed E-state index contributed by atoms with van der Waals surface area (Å²) in [5.41, 5.74) is 3.81. The molecule has 0 spiro atoms. The van der Waals surface area contributed by atoms with Crippen LogP contribution < -0.4 is 0 Å². The Morgan fingerprint density at radius 1 is 0.837 bits per heavy atom. The summed E-state index contributed by atoms with van der Waals surface area (Å²) in [5.74, 6) is -0.615. The van der Waals surface area contributed by atoms with Gasteiger partial charge in [-0.2, -0.15) is 5.10 Å². The first-order chi connectivity index (χ1) is 21.0. The van der Waals surface area contributed by atoms with Gasteiger partial charge >= 0.3 is 5.97 Å². The Hall–Kier alpha value is -5.89. The molecule has 0 amide bonds. The minimum Gasteiger partial charge on any atom is -0.466 e. The largest absolute Gasteiger partial charge is 0.466 e. The fourth-order valence-corrected chi connectivity index (χ4v) is 5.57. The number of nitro groups is 1. The minimum absolute atomic E-state index is 0.168. The third kappa shape index (κ3) is 4.85. The fourth-order valence-electron chi connectivity index (χ4n) is 5.57. The topological polar surface area (TPSA) is 100 Å². The van der Waals surface area contributed by atoms with Crippen molar-refractivity contribution in [2.75, 3.05) is 7.11 Å². The summed E-state index contributed by atoms with van der Waals surface area (Å²) in [7, 11) is 1.26. The van der Waals surface area contributed by atoms with Crippen LogP contribution in [0.25, 0.3) is 28.2 Å². The number of rotatable bonds is 8. The Morgan fingerprint density at radius 3 is 1.86 bits per heavy atom. The smallest absolute Gasteiger partial charge is 0.330 e. The number of fused-ring (bicyclic) bond motifs is 1. The zero-order valence-electron chi connectivity index (χ0n) is 23.2. The molecule has 4 aromatic carbocycles. The molecule has 0 N–H and O–H groups in total. The van der Waals surface area contributed by atoms with Gasteiger partial charge in [-0.3, -0.25) is 15.1 Å². The number of nitrogens with zero attached hydrogens (tertiary/aromatic N) is 4. The van der Waals surface area contributed by atoms with Crippen LogP contribution in [-0.4, -0.2) is 32.8 Å². The maximum atomic E-state index is 12.4. The summed E-state index contributed by atoms with van der Waals surface area (Å²) in [6, 6.07) is 36.9. The normalized spacial score (nSPS) is 11.6. The molecule has 0 saturated carbocycles. The summed E-state index contributed by atoms with van der Waals surface area (Å²) < 4.78 is 6.62. The van der Waals surface area contributed by atoms with Crippen molar-refractivity contribution < 1.29 is 14.5 Å². The number of ether oxygens (including phenoxy) is 1. The molecule has 8 nitrogen and oxygen atoms in total. The van der Waals surface area contributed by atoms with Gasteiger partial charge in [-0.05, 0) is 41.0 Å². The van der Waals surface area contributed by atoms with E-state index in [4.69, 9.17) is 9.84 Å². The number of hydrogen-bond donors (Lipinski definition) is 0. The van der Waals surface area contributed by atoms with Crippen molar-refractivity contribution in [1.82, 2.24) is 14.8 Å². The highest BCUT2D eigenvalue weighted by atomic mass is 16.6. The number of nitro benzene ring substituents is 1. The Kier molecular flexibility index (Phi) is 7.32. The average molecular weight is 567 g/mol. The molecule has 6 aromatic rings. The van der Waals surface area contributed by atoms with E-state index in [0.717, 1.165) is 22.3 Å². The molecule has 0 atom stereocenters. The number of aromatic nitrogens is 3. The van der Waals surface area contributed by atoms with E-state index in [9.17, 15) is 14.9 Å². The molecule has 0 aliphatic heterocycles. The number of methoxy groups -OCH3 is 1. The molecule has 0 saturated heterocycles. The van der Waals surface area contributed by atoms with Crippen molar-refractivity contribution in [3.8, 4) is 11.3 Å². The number of carbonyl (C=O) groups is 1. The molecule has 2 heterocycles. The van der Waals surface area contributed by atoms with Crippen LogP contribution in [0.5, 0.6) is 0 Å². The summed E-state index contributed by atoms with van der Waals surface area (Å²) in [5, 5.41) is 18.4. The second-order valence-electron chi connectivity index (χ2n) is 9.85. The first-order valence-corrected chi connectivity index (χ1v) is 13.6. The quantitative estimate of drug-likeness (QED) is 0.0645. The van der Waals surface area contributed by atoms with Gasteiger partial charge in [0.2, 0.25) is 0 Å². The highest BCUT2D eigenvalue weighted by molar-refractivity contribution is 5.98. The SMILES string of the molecule is COC(=O)/C=C/c1cc2c(-c3ccncc3)nn(C(c3ccccc3)(c3ccccc3)c3ccccc3)c2cc1[N+](=O)[O-]. The van der Waals surface area contributed by atoms with Crippen LogP contribution in [0.1, 0.15) is 22.3 Å². The predicted molar refractivity (Wildman–Crippen MR) is 165 cm³/mol. The third-order valence-electron chi connectivity index (χ3n) is 7.47. The molecule has 6 rings (SSSR count). The van der Waals surface area contributed by atoms with Gasteiger partial charge in [0, 0.05) is 35.5 Å². The van der Waals surface area contributed by atoms with Gasteiger partial charge < -0.3 is 4.74 Å². The lowest BCUT2D eigenvalue weighted by Gasteiger charge is -2.37. The van der Waals surface area contributed by atoms with Crippen LogP contribution in [0.15, 0.2) is 134 Å². The molecule has 43 heavy (non-hydrogen) atoms. The highest BCUT2D eigenvalue weighted by Crippen LogP contribution is 2.45. The van der Waals surface area contributed by atoms with Crippen molar-refractivity contribution in [3.63, 3.8) is 0 Å². The third-order valence-corrected chi connectivity index (χ3v) is 7.47. The van der Waals surface area contributed by atoms with Crippen molar-refractivity contribution in [2.45, 2.75) is 5.54 Å². The summed E-state index contributed by atoms with van der Waals surface area (Å²) in [6.07, 6.45) is 5.94. The van der Waals surface area contributed by atoms with Crippen molar-refractivity contribution >= 4 is 28.6 Å². The zero-order chi connectivity index (χ0) is 29.8. The maximum absolute atomic E-state index is 12.4. The average Bonchev–Trinajstić information content (AvgIpc) is 3.44. The van der Waals surface area contributed by atoms with E-state index in [0.29, 0.717) is 16.6 Å². The molecule has 2 aromatic heterocycles. The predicted octanol–water partition coefficient (Wildman–Crippen LogP) is 7.03. The van der Waals surface area contributed by atoms with Gasteiger partial charge in [-0.25, -0.2) is 9.48 Å². The summed E-state index contributed by atoms with van der Waals surface area (Å²) >= 11 is 0. The number of pyridine rings is 1. The van der Waals surface area contributed by atoms with Crippen molar-refractivity contribution in [3.05, 3.63) is 166 Å². The van der Waals surface area contributed by atoms with Gasteiger partial charge in [-0.1, -0.05) is 91.0 Å². The second-order valence-corrected chi connectivity index (χ2v) is 9.85. The molecule has 0 bridgehead atoms. The number of hydrogen-bond acceptors (Lipinski definition) is 6. The van der Waals surface area contributed by atoms with Crippen LogP contribution in [-0.2, 0) is 15.1 Å². The summed E-state index contributed by atoms with van der Waals surface area (Å²) in [4.78, 5) is 28.1. The Bertz CT molecular complexity index is 1840. The zero-order valence-corrected chi connectivity index (χ0v) is 23.2. The minimum atomic E-state index is -1.01. The molecular formula is C35H26N4O4. The van der Waals surface area contributed by atoms with Crippen LogP contribution in [0.4, 0.5) is 5.69 Å². The van der Waals surface area contributed by atoms with E-state index >= 15 is 0 Å². The lowest BCUT2D eigenvalue weighted by atomic mass is 9.77. The number of carbonyl (C=O) groups excluding carboxylic acids is 1. The lowest BCUT2D eigenvalue weighted by Crippen LogP contribution is -2.38. The van der Waals surface area contributed by atoms with Gasteiger partial charge in [0.1, 0.15) is 11.2 Å². The standard InChI is InChI=1S/C35H26N4O4/c1-43-33(40)18-17-26-23-30-32(24-31(26)39(41)42)38(37-34(30)25-19-21-36-22-20-25)35(27-11-5-2-6-12-27,28-13-7-3-8-14-28)29-15-9-4-10-16-29/h2-24H,1H3/b18-17+. The second kappa shape index (κ2) is 11.5. The van der Waals surface area contributed by atoms with Crippen LogP contribution in [0.3, 0.4) is 0 Å². The van der Waals surface area contributed by atoms with E-state index < -0.39 is 16.4 Å². The van der Waals surface area contributed by atoms with Gasteiger partial charge in [0.05, 0.1) is 23.1 Å². The lowest BCUT2D eigenvalue weighted by molar-refractivity contribution is -0.385. The fraction of sp³-hybridized carbons (Fsp3) is 0.0571. The van der Waals surface area contributed by atoms with Gasteiger partial charge in [0.15, 0.2) is 0 Å². The van der Waals surface area contributed by atoms with E-state index in [1.807, 2.05) is 108 Å². The summed E-state index contributed by atoms with van der Waals surface area (Å²) in [6.45, 7) is 0. The van der Waals surface area contributed by atoms with Crippen molar-refractivity contribution in [1.29, 1.82) is 0 Å². The molecule has 8 heteroatoms. The Morgan fingerprint density at radius 2 is 1.37 bits per heavy atom. The molecule has 0 unspecified atom stereocenters. The number of esters is 1. The van der Waals surface area contributed by atoms with Gasteiger partial charge in [0.25, 0.3) is 5.69 Å². The van der Waals surface area contributed by atoms with E-state index in [1.54, 1.807) is 18.5 Å². The molecular weight excluding hydrogens is 540 g/mol. The Balaban J connectivity index is 1.80. The van der Waals surface area contributed by atoms with Crippen LogP contribution >= 0.6 is 0 Å². The van der Waals surface area contributed by atoms with E-state index in [1.165, 1.54) is 25.3 Å². The monoisotopic (exact) mass is 566 g/mol. The Labute approximate surface area is 247 Å². The first kappa shape index (κ1) is 27.3. The molecule has 0 aliphatic carbocycles. The first-order valence-electron chi connectivity index (χ1n) is 13.6. The van der Waals surface area contributed by atoms with E-state index in [-0.39, 0.29) is 11.3 Å². The molecule has 210 valence electrons. The van der Waals surface area contributed by atoms with E-state index in [2.05, 4.69) is 4.98 Å². The highest BCUT2D eigenvalue weighted by Gasteiger charge is 2.41. The number of benzene rings is 4. The maximum Gasteiger partial charge on any atom is 0.330 e. The van der Waals surface area contributed by atoms with Crippen LogP contribution in [0, 0.1) is 10.1 Å². The van der Waals surface area contributed by atoms with Gasteiger partial charge in [-0.15, -0.1) is 0 Å². The molecule has 0 aliphatic rings. The van der Waals surface area contributed by atoms with Crippen LogP contribution in [0.2, 0.25) is 0 Å².